The highest BCUT2D eigenvalue weighted by Gasteiger charge is 2.31. The van der Waals surface area contributed by atoms with E-state index < -0.39 is 0 Å². The summed E-state index contributed by atoms with van der Waals surface area (Å²) in [6.45, 7) is 5.25. The fourth-order valence-electron chi connectivity index (χ4n) is 2.95. The van der Waals surface area contributed by atoms with Crippen molar-refractivity contribution in [1.29, 1.82) is 0 Å². The van der Waals surface area contributed by atoms with Crippen LogP contribution in [0, 0.1) is 13.8 Å². The predicted molar refractivity (Wildman–Crippen MR) is 82.8 cm³/mol. The molecule has 3 rings (SSSR count). The summed E-state index contributed by atoms with van der Waals surface area (Å²) in [4.78, 5) is 18.6. The fraction of sp³-hybridized carbons (Fsp3) is 0.412. The highest BCUT2D eigenvalue weighted by Crippen LogP contribution is 2.36. The van der Waals surface area contributed by atoms with Crippen molar-refractivity contribution >= 4 is 11.7 Å². The van der Waals surface area contributed by atoms with E-state index in [1.807, 2.05) is 38.1 Å². The quantitative estimate of drug-likeness (QED) is 0.816. The zero-order valence-electron chi connectivity index (χ0n) is 13.1. The summed E-state index contributed by atoms with van der Waals surface area (Å²) in [5.74, 6) is 1.20. The molecule has 0 N–H and O–H groups in total. The molecule has 0 saturated carbocycles. The molecule has 0 bridgehead atoms. The molecule has 0 radical (unpaired) electrons. The zero-order chi connectivity index (χ0) is 15.7. The van der Waals surface area contributed by atoms with Gasteiger partial charge >= 0.3 is 5.97 Å². The molecule has 1 aliphatic rings. The summed E-state index contributed by atoms with van der Waals surface area (Å²) in [7, 11) is 1.44. The van der Waals surface area contributed by atoms with Crippen LogP contribution in [0.25, 0.3) is 0 Å². The van der Waals surface area contributed by atoms with Crippen molar-refractivity contribution in [3.63, 3.8) is 0 Å². The van der Waals surface area contributed by atoms with Gasteiger partial charge in [-0.05, 0) is 31.9 Å². The van der Waals surface area contributed by atoms with Gasteiger partial charge in [0.05, 0.1) is 25.3 Å². The van der Waals surface area contributed by atoms with E-state index in [1.165, 1.54) is 7.11 Å². The van der Waals surface area contributed by atoms with Crippen molar-refractivity contribution in [3.05, 3.63) is 47.2 Å². The van der Waals surface area contributed by atoms with E-state index in [1.54, 1.807) is 0 Å². The Bertz CT molecular complexity index is 673. The Morgan fingerprint density at radius 1 is 1.41 bits per heavy atom. The highest BCUT2D eigenvalue weighted by molar-refractivity contribution is 5.81. The van der Waals surface area contributed by atoms with Crippen molar-refractivity contribution in [1.82, 2.24) is 4.98 Å². The lowest BCUT2D eigenvalue weighted by molar-refractivity contribution is -0.142. The Balaban J connectivity index is 1.89. The van der Waals surface area contributed by atoms with Crippen molar-refractivity contribution < 1.29 is 13.9 Å². The smallest absolute Gasteiger partial charge is 0.313 e. The number of para-hydroxylation sites is 1. The van der Waals surface area contributed by atoms with Crippen molar-refractivity contribution in [2.24, 2.45) is 0 Å². The first-order valence-corrected chi connectivity index (χ1v) is 7.44. The molecule has 5 heteroatoms. The van der Waals surface area contributed by atoms with Gasteiger partial charge in [-0.25, -0.2) is 4.98 Å². The van der Waals surface area contributed by atoms with E-state index in [-0.39, 0.29) is 11.9 Å². The van der Waals surface area contributed by atoms with Gasteiger partial charge in [0, 0.05) is 12.2 Å². The maximum absolute atomic E-state index is 12.0. The number of esters is 1. The Morgan fingerprint density at radius 3 is 2.86 bits per heavy atom. The summed E-state index contributed by atoms with van der Waals surface area (Å²) in [5.41, 5.74) is 2.99. The van der Waals surface area contributed by atoms with Gasteiger partial charge in [-0.3, -0.25) is 4.79 Å². The Labute approximate surface area is 129 Å². The third-order valence-electron chi connectivity index (χ3n) is 4.23. The SMILES string of the molecule is COC(=O)[C@@H]1CCN(Cc2nc(C)c(C)o2)c2ccccc21. The van der Waals surface area contributed by atoms with Crippen LogP contribution in [-0.2, 0) is 16.1 Å². The maximum Gasteiger partial charge on any atom is 0.313 e. The van der Waals surface area contributed by atoms with Gasteiger partial charge in [0.25, 0.3) is 0 Å². The number of nitrogens with zero attached hydrogens (tertiary/aromatic N) is 2. The molecule has 0 unspecified atom stereocenters. The molecule has 0 amide bonds. The van der Waals surface area contributed by atoms with Crippen LogP contribution in [0.5, 0.6) is 0 Å². The van der Waals surface area contributed by atoms with E-state index >= 15 is 0 Å². The summed E-state index contributed by atoms with van der Waals surface area (Å²) in [6, 6.07) is 7.97. The fourth-order valence-corrected chi connectivity index (χ4v) is 2.95. The van der Waals surface area contributed by atoms with E-state index in [2.05, 4.69) is 9.88 Å². The Kier molecular flexibility index (Phi) is 3.88. The number of aryl methyl sites for hydroxylation is 2. The van der Waals surface area contributed by atoms with Crippen molar-refractivity contribution in [2.45, 2.75) is 32.7 Å². The number of fused-ring (bicyclic) bond motifs is 1. The molecule has 1 atom stereocenters. The molecule has 2 aromatic rings. The van der Waals surface area contributed by atoms with Crippen LogP contribution in [-0.4, -0.2) is 24.6 Å². The van der Waals surface area contributed by atoms with Crippen molar-refractivity contribution in [2.75, 3.05) is 18.6 Å². The van der Waals surface area contributed by atoms with Gasteiger partial charge < -0.3 is 14.1 Å². The second-order valence-corrected chi connectivity index (χ2v) is 5.59. The van der Waals surface area contributed by atoms with Crippen LogP contribution in [0.3, 0.4) is 0 Å². The standard InChI is InChI=1S/C17H20N2O3/c1-11-12(2)22-16(18-11)10-19-9-8-14(17(20)21-3)13-6-4-5-7-15(13)19/h4-7,14H,8-10H2,1-3H3/t14-/m1/s1. The maximum atomic E-state index is 12.0. The average Bonchev–Trinajstić information content (AvgIpc) is 2.85. The molecular formula is C17H20N2O3. The zero-order valence-corrected chi connectivity index (χ0v) is 13.1. The van der Waals surface area contributed by atoms with E-state index in [4.69, 9.17) is 9.15 Å². The summed E-state index contributed by atoms with van der Waals surface area (Å²) in [6.07, 6.45) is 0.738. The van der Waals surface area contributed by atoms with Gasteiger partial charge in [0.15, 0.2) is 0 Å². The van der Waals surface area contributed by atoms with Crippen molar-refractivity contribution in [3.8, 4) is 0 Å². The number of hydrogen-bond acceptors (Lipinski definition) is 5. The monoisotopic (exact) mass is 300 g/mol. The Morgan fingerprint density at radius 2 is 2.18 bits per heavy atom. The minimum atomic E-state index is -0.189. The van der Waals surface area contributed by atoms with E-state index in [0.717, 1.165) is 35.7 Å². The molecule has 1 aromatic carbocycles. The molecule has 2 heterocycles. The number of oxazole rings is 1. The molecule has 0 fully saturated rings. The molecule has 1 aliphatic heterocycles. The first-order chi connectivity index (χ1) is 10.6. The van der Waals surface area contributed by atoms with Gasteiger partial charge in [0.1, 0.15) is 5.76 Å². The molecule has 0 spiro atoms. The lowest BCUT2D eigenvalue weighted by Crippen LogP contribution is -2.33. The number of ether oxygens (including phenoxy) is 1. The topological polar surface area (TPSA) is 55.6 Å². The molecule has 116 valence electrons. The number of anilines is 1. The van der Waals surface area contributed by atoms with Crippen LogP contribution in [0.1, 0.15) is 35.2 Å². The molecule has 22 heavy (non-hydrogen) atoms. The third kappa shape index (κ3) is 2.58. The first kappa shape index (κ1) is 14.6. The normalized spacial score (nSPS) is 17.2. The molecule has 0 aliphatic carbocycles. The number of benzene rings is 1. The molecular weight excluding hydrogens is 280 g/mol. The lowest BCUT2D eigenvalue weighted by Gasteiger charge is -2.33. The van der Waals surface area contributed by atoms with Crippen LogP contribution in [0.4, 0.5) is 5.69 Å². The molecule has 0 saturated heterocycles. The Hall–Kier alpha value is -2.30. The third-order valence-corrected chi connectivity index (χ3v) is 4.23. The number of rotatable bonds is 3. The van der Waals surface area contributed by atoms with E-state index in [9.17, 15) is 4.79 Å². The molecule has 5 nitrogen and oxygen atoms in total. The number of aromatic nitrogens is 1. The van der Waals surface area contributed by atoms with Crippen LogP contribution < -0.4 is 4.90 Å². The number of hydrogen-bond donors (Lipinski definition) is 0. The predicted octanol–water partition coefficient (Wildman–Crippen LogP) is 2.96. The number of methoxy groups -OCH3 is 1. The minimum absolute atomic E-state index is 0.171. The first-order valence-electron chi connectivity index (χ1n) is 7.44. The van der Waals surface area contributed by atoms with Crippen LogP contribution in [0.2, 0.25) is 0 Å². The second kappa shape index (κ2) is 5.83. The van der Waals surface area contributed by atoms with Crippen LogP contribution >= 0.6 is 0 Å². The number of carbonyl (C=O) groups excluding carboxylic acids is 1. The largest absolute Gasteiger partial charge is 0.469 e. The van der Waals surface area contributed by atoms with Gasteiger partial charge in [0.2, 0.25) is 5.89 Å². The summed E-state index contributed by atoms with van der Waals surface area (Å²) in [5, 5.41) is 0. The summed E-state index contributed by atoms with van der Waals surface area (Å²) >= 11 is 0. The molecule has 1 aromatic heterocycles. The van der Waals surface area contributed by atoms with Crippen LogP contribution in [0.15, 0.2) is 28.7 Å². The summed E-state index contributed by atoms with van der Waals surface area (Å²) < 4.78 is 10.6. The van der Waals surface area contributed by atoms with E-state index in [0.29, 0.717) is 12.4 Å². The van der Waals surface area contributed by atoms with Gasteiger partial charge in [-0.1, -0.05) is 18.2 Å². The lowest BCUT2D eigenvalue weighted by atomic mass is 9.90. The number of carbonyl (C=O) groups is 1. The highest BCUT2D eigenvalue weighted by atomic mass is 16.5. The minimum Gasteiger partial charge on any atom is -0.469 e. The second-order valence-electron chi connectivity index (χ2n) is 5.59. The average molecular weight is 300 g/mol. The van der Waals surface area contributed by atoms with Gasteiger partial charge in [-0.2, -0.15) is 0 Å². The van der Waals surface area contributed by atoms with Gasteiger partial charge in [-0.15, -0.1) is 0 Å².